The van der Waals surface area contributed by atoms with Gasteiger partial charge in [0.1, 0.15) is 0 Å². The summed E-state index contributed by atoms with van der Waals surface area (Å²) in [5, 5.41) is 0. The number of halogens is 1. The highest BCUT2D eigenvalue weighted by Crippen LogP contribution is 2.46. The average molecular weight is 263 g/mol. The smallest absolute Gasteiger partial charge is 0.426 e. The zero-order chi connectivity index (χ0) is 10.7. The Balaban J connectivity index is 0. The average Bonchev–Trinajstić information content (AvgIpc) is 1.82. The van der Waals surface area contributed by atoms with E-state index in [-0.39, 0.29) is 19.0 Å². The summed E-state index contributed by atoms with van der Waals surface area (Å²) in [6.07, 6.45) is 0. The molecule has 0 bridgehead atoms. The van der Waals surface area contributed by atoms with E-state index in [1.807, 2.05) is 0 Å². The SMILES string of the molecule is CCOC(=O)P(=O)(O)O[Si](C)(C)C.Cl. The van der Waals surface area contributed by atoms with Crippen LogP contribution in [0.2, 0.25) is 19.6 Å². The van der Waals surface area contributed by atoms with E-state index in [0.29, 0.717) is 0 Å². The van der Waals surface area contributed by atoms with Gasteiger partial charge in [-0.05, 0) is 26.6 Å². The lowest BCUT2D eigenvalue weighted by molar-refractivity contribution is 0.169. The van der Waals surface area contributed by atoms with Crippen LogP contribution in [-0.4, -0.2) is 25.5 Å². The molecule has 0 saturated carbocycles. The monoisotopic (exact) mass is 262 g/mol. The minimum absolute atomic E-state index is 0. The van der Waals surface area contributed by atoms with Crippen LogP contribution in [0.3, 0.4) is 0 Å². The second-order valence-corrected chi connectivity index (χ2v) is 9.78. The van der Waals surface area contributed by atoms with Crippen molar-refractivity contribution in [1.82, 2.24) is 0 Å². The molecule has 0 radical (unpaired) electrons. The fourth-order valence-electron chi connectivity index (χ4n) is 0.614. The molecule has 14 heavy (non-hydrogen) atoms. The summed E-state index contributed by atoms with van der Waals surface area (Å²) in [5.41, 5.74) is -1.17. The minimum Gasteiger partial charge on any atom is -0.457 e. The maximum absolute atomic E-state index is 11.2. The molecule has 0 rings (SSSR count). The number of carbonyl (C=O) groups is 1. The van der Waals surface area contributed by atoms with E-state index in [0.717, 1.165) is 0 Å². The molecule has 0 fully saturated rings. The van der Waals surface area contributed by atoms with Gasteiger partial charge < -0.3 is 13.8 Å². The van der Waals surface area contributed by atoms with Gasteiger partial charge >= 0.3 is 13.3 Å². The number of rotatable bonds is 4. The van der Waals surface area contributed by atoms with Gasteiger partial charge in [-0.1, -0.05) is 0 Å². The van der Waals surface area contributed by atoms with Crippen molar-refractivity contribution in [3.05, 3.63) is 0 Å². The molecule has 86 valence electrons. The molecule has 1 N–H and O–H groups in total. The van der Waals surface area contributed by atoms with Crippen LogP contribution in [0, 0.1) is 0 Å². The van der Waals surface area contributed by atoms with Crippen molar-refractivity contribution in [2.45, 2.75) is 26.6 Å². The normalized spacial score (nSPS) is 15.2. The highest BCUT2D eigenvalue weighted by molar-refractivity contribution is 7.71. The fourth-order valence-corrected chi connectivity index (χ4v) is 4.17. The van der Waals surface area contributed by atoms with Crippen molar-refractivity contribution < 1.29 is 23.2 Å². The molecule has 0 spiro atoms. The zero-order valence-electron chi connectivity index (χ0n) is 8.64. The van der Waals surface area contributed by atoms with E-state index in [1.54, 1.807) is 26.6 Å². The van der Waals surface area contributed by atoms with Crippen molar-refractivity contribution in [2.75, 3.05) is 6.61 Å². The third-order valence-electron chi connectivity index (χ3n) is 0.896. The number of carbonyl (C=O) groups excluding carboxylic acids is 1. The Bertz CT molecular complexity index is 239. The molecular weight excluding hydrogens is 247 g/mol. The molecule has 0 heterocycles. The van der Waals surface area contributed by atoms with E-state index < -0.39 is 21.6 Å². The highest BCUT2D eigenvalue weighted by Gasteiger charge is 2.37. The molecule has 1 atom stereocenters. The van der Waals surface area contributed by atoms with Gasteiger partial charge in [-0.3, -0.25) is 0 Å². The summed E-state index contributed by atoms with van der Waals surface area (Å²) < 4.78 is 20.4. The molecule has 0 aliphatic rings. The van der Waals surface area contributed by atoms with Crippen molar-refractivity contribution in [1.29, 1.82) is 0 Å². The summed E-state index contributed by atoms with van der Waals surface area (Å²) in [6.45, 7) is 6.78. The second-order valence-electron chi connectivity index (χ2n) is 3.42. The van der Waals surface area contributed by atoms with Crippen LogP contribution < -0.4 is 0 Å². The Morgan fingerprint density at radius 1 is 1.43 bits per heavy atom. The van der Waals surface area contributed by atoms with E-state index in [4.69, 9.17) is 9.11 Å². The number of ether oxygens (including phenoxy) is 1. The zero-order valence-corrected chi connectivity index (χ0v) is 11.4. The van der Waals surface area contributed by atoms with Gasteiger partial charge in [-0.25, -0.2) is 9.36 Å². The third kappa shape index (κ3) is 6.56. The second kappa shape index (κ2) is 5.88. The van der Waals surface area contributed by atoms with Crippen LogP contribution in [0.25, 0.3) is 0 Å². The first-order valence-electron chi connectivity index (χ1n) is 3.90. The summed E-state index contributed by atoms with van der Waals surface area (Å²) in [7, 11) is -6.42. The van der Waals surface area contributed by atoms with Crippen molar-refractivity contribution in [2.24, 2.45) is 0 Å². The standard InChI is InChI=1S/C6H15O5PSi.ClH/c1-5-10-6(7)12(8,9)11-13(2,3)4;/h5H2,1-4H3,(H,8,9);1H. The summed E-state index contributed by atoms with van der Waals surface area (Å²) in [4.78, 5) is 20.0. The minimum atomic E-state index is -4.22. The molecule has 0 aromatic carbocycles. The van der Waals surface area contributed by atoms with Crippen molar-refractivity contribution >= 4 is 34.0 Å². The largest absolute Gasteiger partial charge is 0.457 e. The van der Waals surface area contributed by atoms with E-state index in [1.165, 1.54) is 0 Å². The molecule has 8 heteroatoms. The third-order valence-corrected chi connectivity index (χ3v) is 4.67. The lowest BCUT2D eigenvalue weighted by Gasteiger charge is -2.19. The number of hydrogen-bond acceptors (Lipinski definition) is 4. The van der Waals surface area contributed by atoms with Crippen LogP contribution in [0.15, 0.2) is 0 Å². The van der Waals surface area contributed by atoms with E-state index >= 15 is 0 Å². The topological polar surface area (TPSA) is 72.8 Å². The fraction of sp³-hybridized carbons (Fsp3) is 0.833. The molecule has 0 aliphatic heterocycles. The van der Waals surface area contributed by atoms with Crippen LogP contribution in [0.1, 0.15) is 6.92 Å². The lowest BCUT2D eigenvalue weighted by atomic mass is 10.9. The molecule has 0 saturated heterocycles. The first-order chi connectivity index (χ1) is 5.69. The molecular formula is C6H16ClO5PSi. The molecule has 0 amide bonds. The molecule has 1 unspecified atom stereocenters. The molecule has 0 aromatic rings. The van der Waals surface area contributed by atoms with Gasteiger partial charge in [0.25, 0.3) is 0 Å². The van der Waals surface area contributed by atoms with E-state index in [2.05, 4.69) is 4.74 Å². The highest BCUT2D eigenvalue weighted by atomic mass is 35.5. The predicted octanol–water partition coefficient (Wildman–Crippen LogP) is 2.60. The maximum Gasteiger partial charge on any atom is 0.426 e. The molecule has 0 aliphatic carbocycles. The van der Waals surface area contributed by atoms with Gasteiger partial charge in [0.05, 0.1) is 6.61 Å². The Morgan fingerprint density at radius 3 is 2.14 bits per heavy atom. The summed E-state index contributed by atoms with van der Waals surface area (Å²) in [6, 6.07) is 0. The Kier molecular flexibility index (Phi) is 6.95. The first-order valence-corrected chi connectivity index (χ1v) is 8.88. The van der Waals surface area contributed by atoms with Gasteiger partial charge in [0.2, 0.25) is 0 Å². The van der Waals surface area contributed by atoms with Crippen LogP contribution in [-0.2, 0) is 13.5 Å². The van der Waals surface area contributed by atoms with Gasteiger partial charge in [-0.15, -0.1) is 12.4 Å². The van der Waals surface area contributed by atoms with Gasteiger partial charge in [-0.2, -0.15) is 0 Å². The quantitative estimate of drug-likeness (QED) is 0.623. The van der Waals surface area contributed by atoms with Crippen molar-refractivity contribution in [3.63, 3.8) is 0 Å². The van der Waals surface area contributed by atoms with Crippen LogP contribution in [0.4, 0.5) is 4.79 Å². The van der Waals surface area contributed by atoms with Crippen LogP contribution in [0.5, 0.6) is 0 Å². The summed E-state index contributed by atoms with van der Waals surface area (Å²) in [5.74, 6) is 0. The maximum atomic E-state index is 11.2. The van der Waals surface area contributed by atoms with E-state index in [9.17, 15) is 9.36 Å². The van der Waals surface area contributed by atoms with Gasteiger partial charge in [0, 0.05) is 0 Å². The molecule has 5 nitrogen and oxygen atoms in total. The van der Waals surface area contributed by atoms with Gasteiger partial charge in [0.15, 0.2) is 8.32 Å². The lowest BCUT2D eigenvalue weighted by Crippen LogP contribution is -2.25. The van der Waals surface area contributed by atoms with Crippen molar-refractivity contribution in [3.8, 4) is 0 Å². The predicted molar refractivity (Wildman–Crippen MR) is 58.5 cm³/mol. The molecule has 0 aromatic heterocycles. The number of hydrogen-bond donors (Lipinski definition) is 1. The summed E-state index contributed by atoms with van der Waals surface area (Å²) >= 11 is 0. The Hall–Kier alpha value is 0.127. The van der Waals surface area contributed by atoms with Crippen LogP contribution >= 0.6 is 20.0 Å². The Morgan fingerprint density at radius 2 is 1.86 bits per heavy atom. The first kappa shape index (κ1) is 16.6. The Labute approximate surface area is 90.9 Å².